The molecule has 0 aliphatic carbocycles. The number of nitrogens with zero attached hydrogens (tertiary/aromatic N) is 2. The van der Waals surface area contributed by atoms with Crippen molar-refractivity contribution in [1.82, 2.24) is 15.1 Å². The van der Waals surface area contributed by atoms with Crippen molar-refractivity contribution in [2.75, 3.05) is 6.54 Å². The predicted octanol–water partition coefficient (Wildman–Crippen LogP) is 3.25. The number of likely N-dealkylation sites (N-methyl/N-ethyl adjacent to an activating group) is 1. The van der Waals surface area contributed by atoms with E-state index in [1.807, 2.05) is 6.92 Å². The van der Waals surface area contributed by atoms with Gasteiger partial charge in [0.2, 0.25) is 0 Å². The quantitative estimate of drug-likeness (QED) is 0.918. The largest absolute Gasteiger partial charge is 0.309 e. The molecule has 1 aromatic carbocycles. The minimum atomic E-state index is -0.840. The normalized spacial score (nSPS) is 12.7. The van der Waals surface area contributed by atoms with Crippen LogP contribution >= 0.6 is 11.6 Å². The highest BCUT2D eigenvalue weighted by molar-refractivity contribution is 6.31. The Labute approximate surface area is 121 Å². The first-order valence-electron chi connectivity index (χ1n) is 6.37. The first kappa shape index (κ1) is 14.9. The van der Waals surface area contributed by atoms with E-state index >= 15 is 0 Å². The van der Waals surface area contributed by atoms with Crippen LogP contribution in [0.5, 0.6) is 0 Å². The fourth-order valence-electron chi connectivity index (χ4n) is 2.23. The first-order valence-corrected chi connectivity index (χ1v) is 6.75. The van der Waals surface area contributed by atoms with Crippen LogP contribution in [0, 0.1) is 11.6 Å². The number of hydrogen-bond donors (Lipinski definition) is 1. The first-order chi connectivity index (χ1) is 9.52. The van der Waals surface area contributed by atoms with Gasteiger partial charge in [0.15, 0.2) is 11.6 Å². The lowest BCUT2D eigenvalue weighted by atomic mass is 10.0. The van der Waals surface area contributed by atoms with E-state index in [0.717, 1.165) is 18.3 Å². The van der Waals surface area contributed by atoms with Crippen molar-refractivity contribution in [2.45, 2.75) is 19.4 Å². The minimum Gasteiger partial charge on any atom is -0.309 e. The van der Waals surface area contributed by atoms with Crippen molar-refractivity contribution in [3.05, 3.63) is 52.3 Å². The molecule has 0 bridgehead atoms. The monoisotopic (exact) mass is 299 g/mol. The molecule has 1 heterocycles. The van der Waals surface area contributed by atoms with Crippen LogP contribution < -0.4 is 5.32 Å². The van der Waals surface area contributed by atoms with E-state index in [1.54, 1.807) is 24.0 Å². The van der Waals surface area contributed by atoms with E-state index in [9.17, 15) is 8.78 Å². The summed E-state index contributed by atoms with van der Waals surface area (Å²) in [7, 11) is 1.80. The summed E-state index contributed by atoms with van der Waals surface area (Å²) in [6.07, 6.45) is 2.08. The fraction of sp³-hybridized carbons (Fsp3) is 0.357. The number of rotatable bonds is 5. The summed E-state index contributed by atoms with van der Waals surface area (Å²) in [5.41, 5.74) is 1.53. The number of aromatic nitrogens is 2. The third-order valence-corrected chi connectivity index (χ3v) is 3.43. The summed E-state index contributed by atoms with van der Waals surface area (Å²) in [4.78, 5) is 0. The second-order valence-corrected chi connectivity index (χ2v) is 4.97. The standard InChI is InChI=1S/C14H16ClF2N3/c1-3-18-13(14-10(15)8-19-20(14)2)7-9-4-5-11(16)12(17)6-9/h4-6,8,13,18H,3,7H2,1-2H3. The molecule has 0 radical (unpaired) electrons. The Morgan fingerprint density at radius 3 is 2.65 bits per heavy atom. The third-order valence-electron chi connectivity index (χ3n) is 3.14. The Kier molecular flexibility index (Phi) is 4.73. The van der Waals surface area contributed by atoms with Crippen molar-refractivity contribution in [2.24, 2.45) is 7.05 Å². The molecule has 1 aromatic heterocycles. The maximum atomic E-state index is 13.3. The maximum absolute atomic E-state index is 13.3. The smallest absolute Gasteiger partial charge is 0.159 e. The molecule has 0 saturated heterocycles. The van der Waals surface area contributed by atoms with E-state index in [4.69, 9.17) is 11.6 Å². The van der Waals surface area contributed by atoms with Crippen LogP contribution in [-0.4, -0.2) is 16.3 Å². The number of nitrogens with one attached hydrogen (secondary N) is 1. The molecular formula is C14H16ClF2N3. The molecule has 2 aromatic rings. The molecule has 20 heavy (non-hydrogen) atoms. The van der Waals surface area contributed by atoms with Gasteiger partial charge in [0.1, 0.15) is 0 Å². The van der Waals surface area contributed by atoms with Gasteiger partial charge in [-0.25, -0.2) is 8.78 Å². The van der Waals surface area contributed by atoms with Crippen LogP contribution in [0.4, 0.5) is 8.78 Å². The SMILES string of the molecule is CCNC(Cc1ccc(F)c(F)c1)c1c(Cl)cnn1C. The topological polar surface area (TPSA) is 29.9 Å². The summed E-state index contributed by atoms with van der Waals surface area (Å²) in [5.74, 6) is -1.68. The molecule has 1 unspecified atom stereocenters. The summed E-state index contributed by atoms with van der Waals surface area (Å²) in [6.45, 7) is 2.71. The van der Waals surface area contributed by atoms with Crippen LogP contribution in [0.1, 0.15) is 24.2 Å². The summed E-state index contributed by atoms with van der Waals surface area (Å²) in [6, 6.07) is 3.82. The zero-order chi connectivity index (χ0) is 14.7. The van der Waals surface area contributed by atoms with E-state index in [0.29, 0.717) is 17.0 Å². The van der Waals surface area contributed by atoms with Gasteiger partial charge in [-0.05, 0) is 30.7 Å². The number of halogens is 3. The number of hydrogen-bond acceptors (Lipinski definition) is 2. The van der Waals surface area contributed by atoms with Gasteiger partial charge in [-0.3, -0.25) is 4.68 Å². The molecule has 108 valence electrons. The molecule has 6 heteroatoms. The van der Waals surface area contributed by atoms with Crippen LogP contribution in [0.25, 0.3) is 0 Å². The molecule has 1 atom stereocenters. The van der Waals surface area contributed by atoms with Gasteiger partial charge in [0.25, 0.3) is 0 Å². The van der Waals surface area contributed by atoms with E-state index < -0.39 is 11.6 Å². The fourth-order valence-corrected chi connectivity index (χ4v) is 2.52. The molecule has 2 rings (SSSR count). The third kappa shape index (κ3) is 3.16. The lowest BCUT2D eigenvalue weighted by molar-refractivity contribution is 0.493. The Bertz CT molecular complexity index is 579. The van der Waals surface area contributed by atoms with Gasteiger partial charge < -0.3 is 5.32 Å². The van der Waals surface area contributed by atoms with Crippen LogP contribution in [0.2, 0.25) is 5.02 Å². The van der Waals surface area contributed by atoms with E-state index in [2.05, 4.69) is 10.4 Å². The van der Waals surface area contributed by atoms with Crippen LogP contribution in [-0.2, 0) is 13.5 Å². The van der Waals surface area contributed by atoms with E-state index in [1.165, 1.54) is 6.07 Å². The van der Waals surface area contributed by atoms with Gasteiger partial charge in [0, 0.05) is 7.05 Å². The zero-order valence-corrected chi connectivity index (χ0v) is 12.1. The van der Waals surface area contributed by atoms with Gasteiger partial charge in [-0.15, -0.1) is 0 Å². The van der Waals surface area contributed by atoms with Crippen molar-refractivity contribution in [3.8, 4) is 0 Å². The van der Waals surface area contributed by atoms with Crippen molar-refractivity contribution < 1.29 is 8.78 Å². The molecule has 0 saturated carbocycles. The average Bonchev–Trinajstić information content (AvgIpc) is 2.73. The van der Waals surface area contributed by atoms with Crippen LogP contribution in [0.3, 0.4) is 0 Å². The molecule has 0 amide bonds. The van der Waals surface area contributed by atoms with Gasteiger partial charge in [-0.1, -0.05) is 24.6 Å². The molecule has 1 N–H and O–H groups in total. The average molecular weight is 300 g/mol. The number of aryl methyl sites for hydroxylation is 1. The van der Waals surface area contributed by atoms with Crippen molar-refractivity contribution in [3.63, 3.8) is 0 Å². The summed E-state index contributed by atoms with van der Waals surface area (Å²) < 4.78 is 27.9. The van der Waals surface area contributed by atoms with Gasteiger partial charge >= 0.3 is 0 Å². The van der Waals surface area contributed by atoms with Crippen molar-refractivity contribution >= 4 is 11.6 Å². The second kappa shape index (κ2) is 6.33. The Morgan fingerprint density at radius 1 is 1.35 bits per heavy atom. The lowest BCUT2D eigenvalue weighted by Crippen LogP contribution is -2.25. The molecular weight excluding hydrogens is 284 g/mol. The van der Waals surface area contributed by atoms with Crippen LogP contribution in [0.15, 0.2) is 24.4 Å². The van der Waals surface area contributed by atoms with Gasteiger partial charge in [-0.2, -0.15) is 5.10 Å². The minimum absolute atomic E-state index is 0.107. The van der Waals surface area contributed by atoms with Crippen molar-refractivity contribution in [1.29, 1.82) is 0 Å². The Balaban J connectivity index is 2.28. The molecule has 0 fully saturated rings. The highest BCUT2D eigenvalue weighted by Crippen LogP contribution is 2.25. The number of benzene rings is 1. The highest BCUT2D eigenvalue weighted by Gasteiger charge is 2.19. The predicted molar refractivity (Wildman–Crippen MR) is 74.7 cm³/mol. The summed E-state index contributed by atoms with van der Waals surface area (Å²) in [5, 5.41) is 7.95. The Hall–Kier alpha value is -1.46. The zero-order valence-electron chi connectivity index (χ0n) is 11.3. The molecule has 0 aliphatic heterocycles. The molecule has 0 aliphatic rings. The van der Waals surface area contributed by atoms with E-state index in [-0.39, 0.29) is 6.04 Å². The second-order valence-electron chi connectivity index (χ2n) is 4.56. The molecule has 0 spiro atoms. The highest BCUT2D eigenvalue weighted by atomic mass is 35.5. The Morgan fingerprint density at radius 2 is 2.10 bits per heavy atom. The molecule has 3 nitrogen and oxygen atoms in total. The maximum Gasteiger partial charge on any atom is 0.159 e. The lowest BCUT2D eigenvalue weighted by Gasteiger charge is -2.19. The summed E-state index contributed by atoms with van der Waals surface area (Å²) >= 11 is 6.14. The van der Waals surface area contributed by atoms with Gasteiger partial charge in [0.05, 0.1) is 23.0 Å².